The molecule has 7 heteroatoms. The average Bonchev–Trinajstić information content (AvgIpc) is 3.12. The smallest absolute Gasteiger partial charge is 0.224 e. The summed E-state index contributed by atoms with van der Waals surface area (Å²) in [4.78, 5) is 16.4. The molecule has 1 aromatic heterocycles. The van der Waals surface area contributed by atoms with E-state index in [0.29, 0.717) is 39.0 Å². The highest BCUT2D eigenvalue weighted by atomic mass is 16.5. The fourth-order valence-electron chi connectivity index (χ4n) is 3.37. The standard InChI is InChI=1S/C16H26N4O3/c1-14-2-5-17-20(14)6-3-15(21)19-7-4-16(22,13-19)12-18-8-10-23-11-9-18/h2,5,22H,3-4,6-13H2,1H3/t16-/m1/s1. The topological polar surface area (TPSA) is 70.8 Å². The third kappa shape index (κ3) is 4.10. The molecule has 0 unspecified atom stereocenters. The van der Waals surface area contributed by atoms with Gasteiger partial charge in [0.1, 0.15) is 0 Å². The molecule has 1 atom stereocenters. The first kappa shape index (κ1) is 16.4. The Morgan fingerprint density at radius 2 is 2.17 bits per heavy atom. The number of likely N-dealkylation sites (tertiary alicyclic amines) is 1. The van der Waals surface area contributed by atoms with Crippen LogP contribution in [0.25, 0.3) is 0 Å². The van der Waals surface area contributed by atoms with Crippen molar-refractivity contribution in [3.63, 3.8) is 0 Å². The van der Waals surface area contributed by atoms with Crippen LogP contribution in [0.5, 0.6) is 0 Å². The summed E-state index contributed by atoms with van der Waals surface area (Å²) in [5, 5.41) is 15.0. The number of aliphatic hydroxyl groups is 1. The molecule has 2 fully saturated rings. The molecule has 23 heavy (non-hydrogen) atoms. The number of aryl methyl sites for hydroxylation is 2. The zero-order valence-electron chi connectivity index (χ0n) is 13.8. The Kier molecular flexibility index (Phi) is 4.99. The summed E-state index contributed by atoms with van der Waals surface area (Å²) < 4.78 is 7.18. The van der Waals surface area contributed by atoms with Crippen LogP contribution >= 0.6 is 0 Å². The zero-order valence-corrected chi connectivity index (χ0v) is 13.8. The van der Waals surface area contributed by atoms with Gasteiger partial charge in [0.25, 0.3) is 0 Å². The quantitative estimate of drug-likeness (QED) is 0.818. The summed E-state index contributed by atoms with van der Waals surface area (Å²) in [5.74, 6) is 0.0952. The lowest BCUT2D eigenvalue weighted by molar-refractivity contribution is -0.131. The molecule has 0 saturated carbocycles. The number of aromatic nitrogens is 2. The number of β-amino-alcohol motifs (C(OH)–C–C–N with tert-alkyl or cyclic N) is 1. The van der Waals surface area contributed by atoms with Crippen molar-refractivity contribution < 1.29 is 14.6 Å². The summed E-state index contributed by atoms with van der Waals surface area (Å²) >= 11 is 0. The van der Waals surface area contributed by atoms with Crippen molar-refractivity contribution in [1.82, 2.24) is 19.6 Å². The van der Waals surface area contributed by atoms with Crippen LogP contribution in [0.15, 0.2) is 12.3 Å². The molecular formula is C16H26N4O3. The Bertz CT molecular complexity index is 541. The first-order chi connectivity index (χ1) is 11.1. The van der Waals surface area contributed by atoms with Gasteiger partial charge in [0.15, 0.2) is 0 Å². The minimum absolute atomic E-state index is 0.0952. The van der Waals surface area contributed by atoms with Gasteiger partial charge < -0.3 is 14.7 Å². The minimum atomic E-state index is -0.783. The van der Waals surface area contributed by atoms with Crippen molar-refractivity contribution in [3.8, 4) is 0 Å². The van der Waals surface area contributed by atoms with Crippen molar-refractivity contribution in [1.29, 1.82) is 0 Å². The van der Waals surface area contributed by atoms with Crippen LogP contribution in [0.3, 0.4) is 0 Å². The Labute approximate surface area is 136 Å². The Hall–Kier alpha value is -1.44. The second kappa shape index (κ2) is 6.98. The summed E-state index contributed by atoms with van der Waals surface area (Å²) in [5.41, 5.74) is 0.275. The lowest BCUT2D eigenvalue weighted by Crippen LogP contribution is -2.49. The normalized spacial score (nSPS) is 25.9. The van der Waals surface area contributed by atoms with E-state index in [-0.39, 0.29) is 5.91 Å². The first-order valence-corrected chi connectivity index (χ1v) is 8.34. The number of nitrogens with zero attached hydrogens (tertiary/aromatic N) is 4. The Morgan fingerprint density at radius 3 is 2.87 bits per heavy atom. The second-order valence-corrected chi connectivity index (χ2v) is 6.62. The predicted molar refractivity (Wildman–Crippen MR) is 85.0 cm³/mol. The fraction of sp³-hybridized carbons (Fsp3) is 0.750. The molecule has 0 radical (unpaired) electrons. The highest BCUT2D eigenvalue weighted by molar-refractivity contribution is 5.76. The van der Waals surface area contributed by atoms with E-state index in [0.717, 1.165) is 32.0 Å². The minimum Gasteiger partial charge on any atom is -0.387 e. The van der Waals surface area contributed by atoms with E-state index in [2.05, 4.69) is 10.00 Å². The molecule has 2 saturated heterocycles. The van der Waals surface area contributed by atoms with Gasteiger partial charge in [-0.25, -0.2) is 0 Å². The lowest BCUT2D eigenvalue weighted by atomic mass is 10.0. The molecule has 3 heterocycles. The van der Waals surface area contributed by atoms with Gasteiger partial charge in [-0.3, -0.25) is 14.4 Å². The number of hydrogen-bond acceptors (Lipinski definition) is 5. The number of carbonyl (C=O) groups is 1. The lowest BCUT2D eigenvalue weighted by Gasteiger charge is -2.33. The van der Waals surface area contributed by atoms with E-state index in [1.807, 2.05) is 17.7 Å². The monoisotopic (exact) mass is 322 g/mol. The molecule has 0 bridgehead atoms. The van der Waals surface area contributed by atoms with E-state index in [9.17, 15) is 9.90 Å². The van der Waals surface area contributed by atoms with Gasteiger partial charge in [0, 0.05) is 51.0 Å². The average molecular weight is 322 g/mol. The molecular weight excluding hydrogens is 296 g/mol. The summed E-state index contributed by atoms with van der Waals surface area (Å²) in [6, 6.07) is 1.93. The van der Waals surface area contributed by atoms with E-state index in [1.165, 1.54) is 0 Å². The second-order valence-electron chi connectivity index (χ2n) is 6.62. The maximum Gasteiger partial charge on any atom is 0.224 e. The van der Waals surface area contributed by atoms with Gasteiger partial charge in [0.2, 0.25) is 5.91 Å². The summed E-state index contributed by atoms with van der Waals surface area (Å²) in [6.07, 6.45) is 2.82. The maximum atomic E-state index is 12.4. The van der Waals surface area contributed by atoms with Gasteiger partial charge in [-0.05, 0) is 19.4 Å². The molecule has 7 nitrogen and oxygen atoms in total. The van der Waals surface area contributed by atoms with Crippen LogP contribution in [0.1, 0.15) is 18.5 Å². The zero-order chi connectivity index (χ0) is 16.3. The molecule has 0 aromatic carbocycles. The number of hydrogen-bond donors (Lipinski definition) is 1. The van der Waals surface area contributed by atoms with Crippen LogP contribution in [0.2, 0.25) is 0 Å². The van der Waals surface area contributed by atoms with Crippen LogP contribution in [-0.4, -0.2) is 82.1 Å². The van der Waals surface area contributed by atoms with Crippen molar-refractivity contribution in [2.45, 2.75) is 31.9 Å². The highest BCUT2D eigenvalue weighted by Crippen LogP contribution is 2.23. The molecule has 1 aromatic rings. The van der Waals surface area contributed by atoms with Crippen molar-refractivity contribution in [3.05, 3.63) is 18.0 Å². The van der Waals surface area contributed by atoms with Crippen molar-refractivity contribution in [2.75, 3.05) is 45.9 Å². The van der Waals surface area contributed by atoms with Crippen molar-refractivity contribution >= 4 is 5.91 Å². The van der Waals surface area contributed by atoms with E-state index in [4.69, 9.17) is 4.74 Å². The van der Waals surface area contributed by atoms with Crippen LogP contribution in [0.4, 0.5) is 0 Å². The molecule has 1 N–H and O–H groups in total. The number of rotatable bonds is 5. The third-order valence-electron chi connectivity index (χ3n) is 4.77. The number of ether oxygens (including phenoxy) is 1. The Balaban J connectivity index is 1.48. The van der Waals surface area contributed by atoms with Crippen LogP contribution in [-0.2, 0) is 16.1 Å². The van der Waals surface area contributed by atoms with E-state index >= 15 is 0 Å². The molecule has 1 amide bonds. The van der Waals surface area contributed by atoms with Gasteiger partial charge in [0.05, 0.1) is 25.4 Å². The maximum absolute atomic E-state index is 12.4. The molecule has 0 spiro atoms. The molecule has 2 aliphatic heterocycles. The van der Waals surface area contributed by atoms with Gasteiger partial charge in [-0.1, -0.05) is 0 Å². The summed E-state index contributed by atoms with van der Waals surface area (Å²) in [7, 11) is 0. The van der Waals surface area contributed by atoms with Crippen LogP contribution in [0, 0.1) is 6.92 Å². The third-order valence-corrected chi connectivity index (χ3v) is 4.77. The number of amides is 1. The predicted octanol–water partition coefficient (Wildman–Crippen LogP) is -0.123. The van der Waals surface area contributed by atoms with Gasteiger partial charge >= 0.3 is 0 Å². The molecule has 0 aliphatic carbocycles. The van der Waals surface area contributed by atoms with Gasteiger partial charge in [-0.15, -0.1) is 0 Å². The van der Waals surface area contributed by atoms with Gasteiger partial charge in [-0.2, -0.15) is 5.10 Å². The van der Waals surface area contributed by atoms with Crippen LogP contribution < -0.4 is 0 Å². The molecule has 3 rings (SSSR count). The molecule has 128 valence electrons. The van der Waals surface area contributed by atoms with E-state index < -0.39 is 5.60 Å². The van der Waals surface area contributed by atoms with Crippen molar-refractivity contribution in [2.24, 2.45) is 0 Å². The Morgan fingerprint density at radius 1 is 1.39 bits per heavy atom. The summed E-state index contributed by atoms with van der Waals surface area (Å²) in [6.45, 7) is 7.43. The first-order valence-electron chi connectivity index (χ1n) is 8.34. The number of morpholine rings is 1. The SMILES string of the molecule is Cc1ccnn1CCC(=O)N1CC[C@@](O)(CN2CCOCC2)C1. The molecule has 2 aliphatic rings. The highest BCUT2D eigenvalue weighted by Gasteiger charge is 2.39. The van der Waals surface area contributed by atoms with E-state index in [1.54, 1.807) is 11.1 Å². The fourth-order valence-corrected chi connectivity index (χ4v) is 3.37. The number of carbonyl (C=O) groups excluding carboxylic acids is 1. The largest absolute Gasteiger partial charge is 0.387 e.